The van der Waals surface area contributed by atoms with Crippen LogP contribution in [0.3, 0.4) is 0 Å². The summed E-state index contributed by atoms with van der Waals surface area (Å²) < 4.78 is 0. The van der Waals surface area contributed by atoms with Gasteiger partial charge in [0.15, 0.2) is 0 Å². The molecule has 0 amide bonds. The normalized spacial score (nSPS) is 14.3. The molecule has 0 aliphatic carbocycles. The van der Waals surface area contributed by atoms with Gasteiger partial charge < -0.3 is 10.2 Å². The average molecular weight is 613 g/mol. The van der Waals surface area contributed by atoms with Crippen LogP contribution in [0.5, 0.6) is 0 Å². The van der Waals surface area contributed by atoms with Gasteiger partial charge in [-0.05, 0) is 40.2 Å². The van der Waals surface area contributed by atoms with E-state index >= 15 is 0 Å². The fraction of sp³-hybridized carbons (Fsp3) is 0.286. The minimum absolute atomic E-state index is 0.0890. The molecule has 0 fully saturated rings. The van der Waals surface area contributed by atoms with Crippen LogP contribution in [0.4, 0.5) is 0 Å². The number of nitrogens with zero attached hydrogens (tertiary/aromatic N) is 2. The first-order valence-corrected chi connectivity index (χ1v) is 16.5. The van der Waals surface area contributed by atoms with Gasteiger partial charge in [-0.25, -0.2) is 0 Å². The zero-order valence-corrected chi connectivity index (χ0v) is 27.1. The summed E-state index contributed by atoms with van der Waals surface area (Å²) in [6.07, 6.45) is -1.38. The minimum atomic E-state index is -1.01. The second kappa shape index (κ2) is 17.0. The second-order valence-corrected chi connectivity index (χ2v) is 12.7. The number of hydrogen-bond donors (Lipinski definition) is 2. The Labute approximate surface area is 275 Å². The van der Waals surface area contributed by atoms with Crippen LogP contribution in [0.25, 0.3) is 0 Å². The van der Waals surface area contributed by atoms with Crippen molar-refractivity contribution in [1.29, 1.82) is 0 Å². The zero-order chi connectivity index (χ0) is 32.1. The van der Waals surface area contributed by atoms with Gasteiger partial charge in [-0.15, -0.1) is 0 Å². The molecule has 0 bridgehead atoms. The van der Waals surface area contributed by atoms with Gasteiger partial charge in [-0.2, -0.15) is 0 Å². The Balaban J connectivity index is 1.51. The van der Waals surface area contributed by atoms with Crippen LogP contribution in [0, 0.1) is 5.92 Å². The molecule has 4 atom stereocenters. The van der Waals surface area contributed by atoms with Crippen molar-refractivity contribution in [2.24, 2.45) is 5.92 Å². The van der Waals surface area contributed by atoms with Gasteiger partial charge in [0, 0.05) is 38.3 Å². The smallest absolute Gasteiger partial charge is 0.0972 e. The molecule has 4 heteroatoms. The summed E-state index contributed by atoms with van der Waals surface area (Å²) in [5.74, 6) is 0.0890. The SMILES string of the molecule is CC(C)[C@@H]([C@H](O)[C@@H](O)[C@H](Cc1ccccc1)N(Cc1ccccc1)Cc1ccccc1)N(Cc1ccccc1)Cc1ccccc1. The minimum Gasteiger partial charge on any atom is -0.389 e. The highest BCUT2D eigenvalue weighted by molar-refractivity contribution is 5.22. The van der Waals surface area contributed by atoms with Gasteiger partial charge in [0.1, 0.15) is 0 Å². The molecular formula is C42H48N2O2. The Kier molecular flexibility index (Phi) is 12.3. The zero-order valence-electron chi connectivity index (χ0n) is 27.1. The Morgan fingerprint density at radius 3 is 1.04 bits per heavy atom. The fourth-order valence-electron chi connectivity index (χ4n) is 6.61. The van der Waals surface area contributed by atoms with Crippen LogP contribution in [0.15, 0.2) is 152 Å². The molecule has 46 heavy (non-hydrogen) atoms. The third kappa shape index (κ3) is 9.48. The van der Waals surface area contributed by atoms with E-state index in [9.17, 15) is 10.2 Å². The molecule has 0 unspecified atom stereocenters. The molecule has 0 radical (unpaired) electrons. The number of aliphatic hydroxyl groups is 2. The van der Waals surface area contributed by atoms with E-state index in [2.05, 4.69) is 133 Å². The van der Waals surface area contributed by atoms with Crippen LogP contribution in [-0.2, 0) is 32.6 Å². The Morgan fingerprint density at radius 2 is 0.717 bits per heavy atom. The monoisotopic (exact) mass is 612 g/mol. The van der Waals surface area contributed by atoms with Gasteiger partial charge in [-0.1, -0.05) is 166 Å². The molecule has 5 aromatic carbocycles. The Bertz CT molecular complexity index is 1450. The largest absolute Gasteiger partial charge is 0.389 e. The lowest BCUT2D eigenvalue weighted by molar-refractivity contribution is -0.0922. The Hall–Kier alpha value is -4.06. The predicted molar refractivity (Wildman–Crippen MR) is 189 cm³/mol. The summed E-state index contributed by atoms with van der Waals surface area (Å²) >= 11 is 0. The molecule has 5 rings (SSSR count). The summed E-state index contributed by atoms with van der Waals surface area (Å²) in [6, 6.07) is 51.5. The first-order valence-electron chi connectivity index (χ1n) is 16.5. The molecular weight excluding hydrogens is 564 g/mol. The maximum atomic E-state index is 12.4. The maximum absolute atomic E-state index is 12.4. The van der Waals surface area contributed by atoms with Crippen molar-refractivity contribution in [1.82, 2.24) is 9.80 Å². The van der Waals surface area contributed by atoms with E-state index in [0.717, 1.165) is 5.56 Å². The molecule has 0 aliphatic rings. The summed E-state index contributed by atoms with van der Waals surface area (Å²) in [6.45, 7) is 6.96. The van der Waals surface area contributed by atoms with Crippen molar-refractivity contribution >= 4 is 0 Å². The summed E-state index contributed by atoms with van der Waals surface area (Å²) in [5, 5.41) is 24.8. The van der Waals surface area contributed by atoms with E-state index in [4.69, 9.17) is 0 Å². The quantitative estimate of drug-likeness (QED) is 0.120. The summed E-state index contributed by atoms with van der Waals surface area (Å²) in [5.41, 5.74) is 5.85. The van der Waals surface area contributed by atoms with E-state index < -0.39 is 12.2 Å². The third-order valence-electron chi connectivity index (χ3n) is 8.87. The molecule has 0 saturated carbocycles. The topological polar surface area (TPSA) is 46.9 Å². The van der Waals surface area contributed by atoms with Crippen LogP contribution >= 0.6 is 0 Å². The standard InChI is InChI=1S/C42H48N2O2/c1-33(2)40(44(31-37-24-14-6-15-25-37)32-38-26-16-7-17-27-38)42(46)41(45)39(28-34-18-8-3-9-19-34)43(29-35-20-10-4-11-21-35)30-36-22-12-5-13-23-36/h3-27,33,39-42,45-46H,28-32H2,1-2H3/t39-,40-,41-,42-/m0/s1. The predicted octanol–water partition coefficient (Wildman–Crippen LogP) is 7.75. The van der Waals surface area contributed by atoms with Gasteiger partial charge >= 0.3 is 0 Å². The number of hydrogen-bond acceptors (Lipinski definition) is 4. The third-order valence-corrected chi connectivity index (χ3v) is 8.87. The fourth-order valence-corrected chi connectivity index (χ4v) is 6.61. The van der Waals surface area contributed by atoms with E-state index in [1.165, 1.54) is 22.3 Å². The molecule has 0 spiro atoms. The lowest BCUT2D eigenvalue weighted by Gasteiger charge is -2.43. The first-order chi connectivity index (χ1) is 22.5. The van der Waals surface area contributed by atoms with E-state index in [-0.39, 0.29) is 18.0 Å². The van der Waals surface area contributed by atoms with Gasteiger partial charge in [-0.3, -0.25) is 9.80 Å². The van der Waals surface area contributed by atoms with Crippen LogP contribution in [0.1, 0.15) is 41.7 Å². The molecule has 0 aromatic heterocycles. The highest BCUT2D eigenvalue weighted by Crippen LogP contribution is 2.28. The first kappa shape index (κ1) is 33.3. The average Bonchev–Trinajstić information content (AvgIpc) is 3.09. The molecule has 5 aromatic rings. The Morgan fingerprint density at radius 1 is 0.413 bits per heavy atom. The molecule has 238 valence electrons. The highest BCUT2D eigenvalue weighted by atomic mass is 16.3. The number of benzene rings is 5. The van der Waals surface area contributed by atoms with E-state index in [0.29, 0.717) is 32.6 Å². The van der Waals surface area contributed by atoms with Crippen molar-refractivity contribution < 1.29 is 10.2 Å². The number of rotatable bonds is 16. The van der Waals surface area contributed by atoms with Crippen LogP contribution in [0.2, 0.25) is 0 Å². The van der Waals surface area contributed by atoms with Crippen molar-refractivity contribution in [3.8, 4) is 0 Å². The van der Waals surface area contributed by atoms with Crippen molar-refractivity contribution in [2.45, 2.75) is 70.7 Å². The molecule has 0 heterocycles. The summed E-state index contributed by atoms with van der Waals surface area (Å²) in [7, 11) is 0. The maximum Gasteiger partial charge on any atom is 0.0972 e. The molecule has 0 saturated heterocycles. The van der Waals surface area contributed by atoms with Crippen LogP contribution < -0.4 is 0 Å². The lowest BCUT2D eigenvalue weighted by atomic mass is 9.86. The van der Waals surface area contributed by atoms with Gasteiger partial charge in [0.05, 0.1) is 12.2 Å². The van der Waals surface area contributed by atoms with Crippen molar-refractivity contribution in [3.05, 3.63) is 179 Å². The lowest BCUT2D eigenvalue weighted by Crippen LogP contribution is -2.57. The number of aliphatic hydroxyl groups excluding tert-OH is 2. The van der Waals surface area contributed by atoms with Crippen LogP contribution in [-0.4, -0.2) is 44.3 Å². The molecule has 2 N–H and O–H groups in total. The molecule has 0 aliphatic heterocycles. The molecule has 4 nitrogen and oxygen atoms in total. The van der Waals surface area contributed by atoms with Gasteiger partial charge in [0.25, 0.3) is 0 Å². The van der Waals surface area contributed by atoms with E-state index in [1.807, 2.05) is 42.5 Å². The van der Waals surface area contributed by atoms with Crippen molar-refractivity contribution in [2.75, 3.05) is 0 Å². The second-order valence-electron chi connectivity index (χ2n) is 12.7. The van der Waals surface area contributed by atoms with Gasteiger partial charge in [0.2, 0.25) is 0 Å². The van der Waals surface area contributed by atoms with Crippen molar-refractivity contribution in [3.63, 3.8) is 0 Å². The summed E-state index contributed by atoms with van der Waals surface area (Å²) in [4.78, 5) is 4.70. The highest BCUT2D eigenvalue weighted by Gasteiger charge is 2.39. The van der Waals surface area contributed by atoms with E-state index in [1.54, 1.807) is 0 Å².